The first-order valence-electron chi connectivity index (χ1n) is 8.28. The molecule has 0 unspecified atom stereocenters. The quantitative estimate of drug-likeness (QED) is 0.739. The lowest BCUT2D eigenvalue weighted by molar-refractivity contribution is 0.0987. The van der Waals surface area contributed by atoms with Gasteiger partial charge in [0.05, 0.1) is 0 Å². The number of rotatable bonds is 6. The predicted molar refractivity (Wildman–Crippen MR) is 99.8 cm³/mol. The molecule has 0 aliphatic carbocycles. The number of nitrogens with one attached hydrogen (secondary N) is 1. The van der Waals surface area contributed by atoms with Crippen LogP contribution in [0.1, 0.15) is 16.1 Å². The number of anilines is 2. The first-order valence-corrected chi connectivity index (χ1v) is 8.28. The van der Waals surface area contributed by atoms with E-state index in [1.165, 1.54) is 17.0 Å². The number of para-hydroxylation sites is 1. The number of benzene rings is 2. The van der Waals surface area contributed by atoms with E-state index in [-0.39, 0.29) is 17.4 Å². The van der Waals surface area contributed by atoms with E-state index in [0.29, 0.717) is 12.4 Å². The summed E-state index contributed by atoms with van der Waals surface area (Å²) in [6, 6.07) is 19.1. The highest BCUT2D eigenvalue weighted by molar-refractivity contribution is 6.04. The fourth-order valence-corrected chi connectivity index (χ4v) is 2.47. The molecular weight excluding hydrogens is 331 g/mol. The Kier molecular flexibility index (Phi) is 5.53. The summed E-state index contributed by atoms with van der Waals surface area (Å²) in [6.07, 6.45) is 0.736. The molecule has 0 saturated carbocycles. The van der Waals surface area contributed by atoms with Crippen LogP contribution in [0.15, 0.2) is 66.7 Å². The van der Waals surface area contributed by atoms with Crippen molar-refractivity contribution < 1.29 is 9.18 Å². The fourth-order valence-electron chi connectivity index (χ4n) is 2.47. The highest BCUT2D eigenvalue weighted by Gasteiger charge is 2.15. The van der Waals surface area contributed by atoms with Gasteiger partial charge in [0.1, 0.15) is 11.6 Å². The number of hydrogen-bond acceptors (Lipinski definition) is 4. The van der Waals surface area contributed by atoms with Crippen LogP contribution in [0, 0.1) is 5.82 Å². The third-order valence-electron chi connectivity index (χ3n) is 3.96. The lowest BCUT2D eigenvalue weighted by Gasteiger charge is -2.16. The molecule has 5 nitrogen and oxygen atoms in total. The SMILES string of the molecule is CN(C(=O)c1ccc(NCCc2ccc(F)cc2)nn1)c1ccccc1. The zero-order valence-corrected chi connectivity index (χ0v) is 14.4. The second-order valence-corrected chi connectivity index (χ2v) is 5.81. The number of amides is 1. The van der Waals surface area contributed by atoms with Crippen LogP contribution in [0.25, 0.3) is 0 Å². The molecule has 0 saturated heterocycles. The van der Waals surface area contributed by atoms with Crippen molar-refractivity contribution in [2.24, 2.45) is 0 Å². The Hall–Kier alpha value is -3.28. The van der Waals surface area contributed by atoms with Gasteiger partial charge in [0.2, 0.25) is 0 Å². The molecule has 132 valence electrons. The smallest absolute Gasteiger partial charge is 0.278 e. The molecule has 0 aliphatic rings. The molecule has 26 heavy (non-hydrogen) atoms. The second-order valence-electron chi connectivity index (χ2n) is 5.81. The van der Waals surface area contributed by atoms with E-state index in [0.717, 1.165) is 17.7 Å². The normalized spacial score (nSPS) is 10.4. The molecule has 1 amide bonds. The van der Waals surface area contributed by atoms with Gasteiger partial charge in [0.25, 0.3) is 5.91 Å². The minimum atomic E-state index is -0.242. The van der Waals surface area contributed by atoms with Crippen LogP contribution in [-0.2, 0) is 6.42 Å². The van der Waals surface area contributed by atoms with Crippen molar-refractivity contribution in [3.63, 3.8) is 0 Å². The molecule has 2 aromatic carbocycles. The van der Waals surface area contributed by atoms with Gasteiger partial charge >= 0.3 is 0 Å². The van der Waals surface area contributed by atoms with Gasteiger partial charge in [-0.3, -0.25) is 4.79 Å². The van der Waals surface area contributed by atoms with E-state index < -0.39 is 0 Å². The lowest BCUT2D eigenvalue weighted by atomic mass is 10.1. The molecule has 3 aromatic rings. The minimum absolute atomic E-state index is 0.221. The van der Waals surface area contributed by atoms with Crippen molar-refractivity contribution in [3.8, 4) is 0 Å². The van der Waals surface area contributed by atoms with Gasteiger partial charge in [-0.15, -0.1) is 10.2 Å². The number of hydrogen-bond donors (Lipinski definition) is 1. The van der Waals surface area contributed by atoms with Gasteiger partial charge in [-0.25, -0.2) is 4.39 Å². The Labute approximate surface area is 151 Å². The molecule has 0 radical (unpaired) electrons. The van der Waals surface area contributed by atoms with Gasteiger partial charge in [-0.05, 0) is 48.4 Å². The number of aromatic nitrogens is 2. The number of nitrogens with zero attached hydrogens (tertiary/aromatic N) is 3. The monoisotopic (exact) mass is 350 g/mol. The molecule has 1 heterocycles. The van der Waals surface area contributed by atoms with Crippen LogP contribution >= 0.6 is 0 Å². The highest BCUT2D eigenvalue weighted by atomic mass is 19.1. The first-order chi connectivity index (χ1) is 12.6. The predicted octanol–water partition coefficient (Wildman–Crippen LogP) is 3.55. The summed E-state index contributed by atoms with van der Waals surface area (Å²) >= 11 is 0. The minimum Gasteiger partial charge on any atom is -0.368 e. The molecule has 6 heteroatoms. The average molecular weight is 350 g/mol. The van der Waals surface area contributed by atoms with E-state index >= 15 is 0 Å². The molecule has 0 bridgehead atoms. The largest absolute Gasteiger partial charge is 0.368 e. The van der Waals surface area contributed by atoms with Crippen molar-refractivity contribution in [2.45, 2.75) is 6.42 Å². The Morgan fingerprint density at radius 1 is 1.00 bits per heavy atom. The molecule has 1 aromatic heterocycles. The maximum atomic E-state index is 12.9. The van der Waals surface area contributed by atoms with Crippen molar-refractivity contribution in [1.82, 2.24) is 10.2 Å². The second kappa shape index (κ2) is 8.20. The van der Waals surface area contributed by atoms with Crippen LogP contribution < -0.4 is 10.2 Å². The first kappa shape index (κ1) is 17.5. The van der Waals surface area contributed by atoms with Crippen molar-refractivity contribution >= 4 is 17.4 Å². The van der Waals surface area contributed by atoms with Gasteiger partial charge < -0.3 is 10.2 Å². The van der Waals surface area contributed by atoms with Crippen molar-refractivity contribution in [1.29, 1.82) is 0 Å². The summed E-state index contributed by atoms with van der Waals surface area (Å²) in [5, 5.41) is 11.2. The molecule has 0 fully saturated rings. The maximum absolute atomic E-state index is 12.9. The topological polar surface area (TPSA) is 58.1 Å². The zero-order valence-electron chi connectivity index (χ0n) is 14.4. The summed E-state index contributed by atoms with van der Waals surface area (Å²) in [6.45, 7) is 0.636. The maximum Gasteiger partial charge on any atom is 0.278 e. The zero-order chi connectivity index (χ0) is 18.4. The Morgan fingerprint density at radius 3 is 2.38 bits per heavy atom. The van der Waals surface area contributed by atoms with Gasteiger partial charge in [0, 0.05) is 19.3 Å². The number of carbonyl (C=O) groups excluding carboxylic acids is 1. The average Bonchev–Trinajstić information content (AvgIpc) is 2.69. The van der Waals surface area contributed by atoms with Crippen LogP contribution in [0.2, 0.25) is 0 Å². The van der Waals surface area contributed by atoms with Gasteiger partial charge in [-0.1, -0.05) is 30.3 Å². The van der Waals surface area contributed by atoms with E-state index in [9.17, 15) is 9.18 Å². The van der Waals surface area contributed by atoms with E-state index in [4.69, 9.17) is 0 Å². The summed E-state index contributed by atoms with van der Waals surface area (Å²) in [5.41, 5.74) is 2.10. The Morgan fingerprint density at radius 2 is 1.73 bits per heavy atom. The van der Waals surface area contributed by atoms with Crippen molar-refractivity contribution in [3.05, 3.63) is 83.8 Å². The highest BCUT2D eigenvalue weighted by Crippen LogP contribution is 2.14. The van der Waals surface area contributed by atoms with Crippen LogP contribution in [0.5, 0.6) is 0 Å². The van der Waals surface area contributed by atoms with Gasteiger partial charge in [-0.2, -0.15) is 0 Å². The van der Waals surface area contributed by atoms with Gasteiger partial charge in [0.15, 0.2) is 5.69 Å². The van der Waals surface area contributed by atoms with Crippen LogP contribution in [0.4, 0.5) is 15.9 Å². The Balaban J connectivity index is 1.56. The molecule has 3 rings (SSSR count). The van der Waals surface area contributed by atoms with Crippen LogP contribution in [-0.4, -0.2) is 29.7 Å². The van der Waals surface area contributed by atoms with E-state index in [2.05, 4.69) is 15.5 Å². The van der Waals surface area contributed by atoms with Crippen LogP contribution in [0.3, 0.4) is 0 Å². The van der Waals surface area contributed by atoms with Crippen molar-refractivity contribution in [2.75, 3.05) is 23.8 Å². The summed E-state index contributed by atoms with van der Waals surface area (Å²) in [5.74, 6) is 0.126. The molecule has 0 spiro atoms. The summed E-state index contributed by atoms with van der Waals surface area (Å²) < 4.78 is 12.9. The standard InChI is InChI=1S/C20H19FN4O/c1-25(17-5-3-2-4-6-17)20(26)18-11-12-19(24-23-18)22-14-13-15-7-9-16(21)10-8-15/h2-12H,13-14H2,1H3,(H,22,24). The number of carbonyl (C=O) groups is 1. The molecule has 0 aliphatic heterocycles. The lowest BCUT2D eigenvalue weighted by Crippen LogP contribution is -2.27. The molecule has 0 atom stereocenters. The Bertz CT molecular complexity index is 851. The molecule has 1 N–H and O–H groups in total. The molecular formula is C20H19FN4O. The fraction of sp³-hybridized carbons (Fsp3) is 0.150. The third-order valence-corrected chi connectivity index (χ3v) is 3.96. The summed E-state index contributed by atoms with van der Waals surface area (Å²) in [4.78, 5) is 14.0. The van der Waals surface area contributed by atoms with E-state index in [1.54, 1.807) is 31.3 Å². The number of halogens is 1. The summed E-state index contributed by atoms with van der Waals surface area (Å²) in [7, 11) is 1.70. The third kappa shape index (κ3) is 4.42. The van der Waals surface area contributed by atoms with E-state index in [1.807, 2.05) is 30.3 Å².